The fraction of sp³-hybridized carbons (Fsp3) is 0.312. The summed E-state index contributed by atoms with van der Waals surface area (Å²) in [6, 6.07) is 5.85. The summed E-state index contributed by atoms with van der Waals surface area (Å²) >= 11 is 0. The molecule has 0 unspecified atom stereocenters. The van der Waals surface area contributed by atoms with E-state index in [2.05, 4.69) is 10.1 Å². The number of aromatic nitrogens is 3. The molecule has 2 aromatic rings. The maximum Gasteiger partial charge on any atom is 0.212 e. The lowest BCUT2D eigenvalue weighted by Crippen LogP contribution is -2.37. The Hall–Kier alpha value is -2.34. The van der Waals surface area contributed by atoms with Gasteiger partial charge in [-0.05, 0) is 44.5 Å². The average molecular weight is 303 g/mol. The van der Waals surface area contributed by atoms with Crippen LogP contribution in [0.2, 0.25) is 0 Å². The highest BCUT2D eigenvalue weighted by molar-refractivity contribution is 6.23. The van der Waals surface area contributed by atoms with E-state index in [1.165, 1.54) is 29.5 Å². The second-order valence-electron chi connectivity index (χ2n) is 5.19. The van der Waals surface area contributed by atoms with Crippen molar-refractivity contribution in [3.8, 4) is 0 Å². The van der Waals surface area contributed by atoms with Gasteiger partial charge < -0.3 is 4.74 Å². The molecule has 1 aromatic carbocycles. The molecule has 0 fully saturated rings. The van der Waals surface area contributed by atoms with Crippen molar-refractivity contribution in [3.63, 3.8) is 0 Å². The van der Waals surface area contributed by atoms with Gasteiger partial charge in [0.05, 0.1) is 0 Å². The highest BCUT2D eigenvalue weighted by Gasteiger charge is 2.32. The van der Waals surface area contributed by atoms with Gasteiger partial charge in [-0.3, -0.25) is 4.79 Å². The van der Waals surface area contributed by atoms with Crippen LogP contribution < -0.4 is 0 Å². The van der Waals surface area contributed by atoms with Crippen molar-refractivity contribution in [3.05, 3.63) is 48.3 Å². The smallest absolute Gasteiger partial charge is 0.212 e. The minimum Gasteiger partial charge on any atom is -0.368 e. The van der Waals surface area contributed by atoms with Crippen LogP contribution in [0.25, 0.3) is 11.8 Å². The first-order chi connectivity index (χ1) is 10.4. The Bertz CT molecular complexity index is 661. The minimum absolute atomic E-state index is 0.232. The van der Waals surface area contributed by atoms with E-state index in [0.717, 1.165) is 0 Å². The van der Waals surface area contributed by atoms with E-state index in [0.29, 0.717) is 17.9 Å². The molecule has 0 N–H and O–H groups in total. The summed E-state index contributed by atoms with van der Waals surface area (Å²) in [5, 5.41) is 4.01. The molecule has 0 aliphatic heterocycles. The third-order valence-electron chi connectivity index (χ3n) is 3.12. The van der Waals surface area contributed by atoms with Crippen LogP contribution in [0.5, 0.6) is 0 Å². The van der Waals surface area contributed by atoms with Gasteiger partial charge in [0, 0.05) is 6.61 Å². The van der Waals surface area contributed by atoms with Gasteiger partial charge in [-0.1, -0.05) is 12.1 Å². The molecular weight excluding hydrogens is 285 g/mol. The van der Waals surface area contributed by atoms with Crippen molar-refractivity contribution < 1.29 is 13.9 Å². The highest BCUT2D eigenvalue weighted by Crippen LogP contribution is 2.21. The second kappa shape index (κ2) is 6.62. The minimum atomic E-state index is -0.993. The molecule has 1 heterocycles. The van der Waals surface area contributed by atoms with Crippen molar-refractivity contribution in [2.75, 3.05) is 6.61 Å². The molecule has 0 bridgehead atoms. The lowest BCUT2D eigenvalue weighted by Gasteiger charge is -2.24. The quantitative estimate of drug-likeness (QED) is 0.770. The monoisotopic (exact) mass is 303 g/mol. The van der Waals surface area contributed by atoms with Gasteiger partial charge in [-0.25, -0.2) is 14.1 Å². The number of carbonyl (C=O) groups is 1. The number of ether oxygens (including phenoxy) is 1. The van der Waals surface area contributed by atoms with Gasteiger partial charge in [0.2, 0.25) is 5.78 Å². The number of nitrogens with zero attached hydrogens (tertiary/aromatic N) is 3. The average Bonchev–Trinajstić information content (AvgIpc) is 3.00. The van der Waals surface area contributed by atoms with E-state index < -0.39 is 5.60 Å². The Morgan fingerprint density at radius 3 is 2.59 bits per heavy atom. The predicted molar refractivity (Wildman–Crippen MR) is 81.3 cm³/mol. The van der Waals surface area contributed by atoms with E-state index in [1.807, 2.05) is 6.92 Å². The van der Waals surface area contributed by atoms with Gasteiger partial charge >= 0.3 is 0 Å². The maximum absolute atomic E-state index is 13.0. The topological polar surface area (TPSA) is 57.0 Å². The lowest BCUT2D eigenvalue weighted by atomic mass is 9.99. The molecular formula is C16H18FN3O2. The van der Waals surface area contributed by atoms with Crippen molar-refractivity contribution in [1.82, 2.24) is 14.8 Å². The molecule has 0 amide bonds. The third kappa shape index (κ3) is 3.65. The number of ketones is 1. The van der Waals surface area contributed by atoms with Crippen LogP contribution in [0.3, 0.4) is 0 Å². The molecule has 0 atom stereocenters. The molecule has 0 saturated heterocycles. The molecule has 5 nitrogen and oxygen atoms in total. The number of hydrogen-bond acceptors (Lipinski definition) is 4. The van der Waals surface area contributed by atoms with Crippen LogP contribution in [0, 0.1) is 5.82 Å². The molecule has 0 aliphatic rings. The van der Waals surface area contributed by atoms with Crippen molar-refractivity contribution in [2.24, 2.45) is 0 Å². The van der Waals surface area contributed by atoms with E-state index in [9.17, 15) is 9.18 Å². The lowest BCUT2D eigenvalue weighted by molar-refractivity contribution is -0.133. The molecule has 22 heavy (non-hydrogen) atoms. The Kier molecular flexibility index (Phi) is 4.82. The zero-order valence-electron chi connectivity index (χ0n) is 12.8. The summed E-state index contributed by atoms with van der Waals surface area (Å²) in [7, 11) is 0. The Morgan fingerprint density at radius 2 is 2.05 bits per heavy atom. The van der Waals surface area contributed by atoms with Gasteiger partial charge in [0.25, 0.3) is 0 Å². The van der Waals surface area contributed by atoms with E-state index in [4.69, 9.17) is 4.74 Å². The normalized spacial score (nSPS) is 12.5. The SMILES string of the molecule is CCOC(C)(C)C(=O)C(=Cc1ccc(F)cc1)n1cncn1. The van der Waals surface area contributed by atoms with Crippen molar-refractivity contribution in [1.29, 1.82) is 0 Å². The molecule has 0 aliphatic carbocycles. The summed E-state index contributed by atoms with van der Waals surface area (Å²) in [5.41, 5.74) is 0.00198. The van der Waals surface area contributed by atoms with E-state index in [1.54, 1.807) is 32.1 Å². The van der Waals surface area contributed by atoms with Gasteiger partial charge in [0.1, 0.15) is 29.8 Å². The number of Topliss-reactive ketones (excluding diaryl/α,β-unsaturated/α-hetero) is 1. The standard InChI is InChI=1S/C16H18FN3O2/c1-4-22-16(2,3)15(21)14(20-11-18-10-19-20)9-12-5-7-13(17)8-6-12/h5-11H,4H2,1-3H3. The number of carbonyl (C=O) groups excluding carboxylic acids is 1. The van der Waals surface area contributed by atoms with Crippen molar-refractivity contribution >= 4 is 17.6 Å². The molecule has 0 spiro atoms. The van der Waals surface area contributed by atoms with Crippen LogP contribution in [-0.4, -0.2) is 32.8 Å². The first-order valence-electron chi connectivity index (χ1n) is 6.95. The predicted octanol–water partition coefficient (Wildman–Crippen LogP) is 2.80. The Labute approximate surface area is 128 Å². The van der Waals surface area contributed by atoms with Gasteiger partial charge in [-0.2, -0.15) is 5.10 Å². The van der Waals surface area contributed by atoms with E-state index in [-0.39, 0.29) is 11.6 Å². The molecule has 1 aromatic heterocycles. The fourth-order valence-electron chi connectivity index (χ4n) is 2.02. The van der Waals surface area contributed by atoms with Crippen LogP contribution in [-0.2, 0) is 9.53 Å². The molecule has 0 saturated carbocycles. The zero-order valence-corrected chi connectivity index (χ0v) is 12.8. The largest absolute Gasteiger partial charge is 0.368 e. The number of rotatable bonds is 6. The summed E-state index contributed by atoms with van der Waals surface area (Å²) in [6.45, 7) is 5.65. The van der Waals surface area contributed by atoms with Crippen LogP contribution in [0.15, 0.2) is 36.9 Å². The summed E-state index contributed by atoms with van der Waals surface area (Å²) in [5.74, 6) is -0.565. The fourth-order valence-corrected chi connectivity index (χ4v) is 2.02. The van der Waals surface area contributed by atoms with Gasteiger partial charge in [-0.15, -0.1) is 0 Å². The summed E-state index contributed by atoms with van der Waals surface area (Å²) in [6.07, 6.45) is 4.42. The summed E-state index contributed by atoms with van der Waals surface area (Å²) < 4.78 is 19.9. The Morgan fingerprint density at radius 1 is 1.36 bits per heavy atom. The molecule has 2 rings (SSSR count). The third-order valence-corrected chi connectivity index (χ3v) is 3.12. The number of benzene rings is 1. The number of hydrogen-bond donors (Lipinski definition) is 0. The van der Waals surface area contributed by atoms with Crippen LogP contribution in [0.1, 0.15) is 26.3 Å². The zero-order chi connectivity index (χ0) is 16.2. The van der Waals surface area contributed by atoms with Crippen LogP contribution >= 0.6 is 0 Å². The molecule has 6 heteroatoms. The van der Waals surface area contributed by atoms with Crippen molar-refractivity contribution in [2.45, 2.75) is 26.4 Å². The first kappa shape index (κ1) is 16.0. The second-order valence-corrected chi connectivity index (χ2v) is 5.19. The van der Waals surface area contributed by atoms with Crippen LogP contribution in [0.4, 0.5) is 4.39 Å². The van der Waals surface area contributed by atoms with E-state index >= 15 is 0 Å². The highest BCUT2D eigenvalue weighted by atomic mass is 19.1. The molecule has 116 valence electrons. The summed E-state index contributed by atoms with van der Waals surface area (Å²) in [4.78, 5) is 16.6. The molecule has 0 radical (unpaired) electrons. The Balaban J connectivity index is 2.44. The number of halogens is 1. The first-order valence-corrected chi connectivity index (χ1v) is 6.95. The van der Waals surface area contributed by atoms with Gasteiger partial charge in [0.15, 0.2) is 0 Å². The maximum atomic E-state index is 13.0.